The Morgan fingerprint density at radius 3 is 2.71 bits per heavy atom. The summed E-state index contributed by atoms with van der Waals surface area (Å²) in [6.07, 6.45) is 0.769. The van der Waals surface area contributed by atoms with E-state index in [9.17, 15) is 4.79 Å². The van der Waals surface area contributed by atoms with Crippen molar-refractivity contribution < 1.29 is 9.53 Å². The quantitative estimate of drug-likeness (QED) is 0.732. The first-order chi connectivity index (χ1) is 8.11. The summed E-state index contributed by atoms with van der Waals surface area (Å²) < 4.78 is 5.11. The number of hydrogen-bond acceptors (Lipinski definition) is 4. The highest BCUT2D eigenvalue weighted by Gasteiger charge is 2.27. The molecule has 0 bridgehead atoms. The molecular formula is C13H21NO2S. The van der Waals surface area contributed by atoms with E-state index in [2.05, 4.69) is 23.3 Å². The summed E-state index contributed by atoms with van der Waals surface area (Å²) in [4.78, 5) is 15.2. The molecule has 0 spiro atoms. The predicted molar refractivity (Wildman–Crippen MR) is 71.2 cm³/mol. The molecule has 2 atom stereocenters. The number of esters is 1. The van der Waals surface area contributed by atoms with Crippen molar-refractivity contribution in [2.45, 2.75) is 39.3 Å². The van der Waals surface area contributed by atoms with E-state index in [1.807, 2.05) is 27.0 Å². The molecule has 96 valence electrons. The van der Waals surface area contributed by atoms with Crippen molar-refractivity contribution in [2.75, 3.05) is 13.7 Å². The number of rotatable bonds is 6. The van der Waals surface area contributed by atoms with Crippen molar-refractivity contribution in [2.24, 2.45) is 0 Å². The Labute approximate surface area is 107 Å². The highest BCUT2D eigenvalue weighted by molar-refractivity contribution is 7.10. The van der Waals surface area contributed by atoms with Crippen molar-refractivity contribution in [3.8, 4) is 0 Å². The number of hydrogen-bond donors (Lipinski definition) is 0. The normalized spacial score (nSPS) is 14.6. The molecule has 0 saturated carbocycles. The van der Waals surface area contributed by atoms with E-state index in [0.29, 0.717) is 6.61 Å². The van der Waals surface area contributed by atoms with Crippen LogP contribution in [0.5, 0.6) is 0 Å². The molecule has 0 amide bonds. The highest BCUT2D eigenvalue weighted by atomic mass is 32.1. The van der Waals surface area contributed by atoms with Gasteiger partial charge in [0.1, 0.15) is 6.04 Å². The maximum atomic E-state index is 11.8. The van der Waals surface area contributed by atoms with Crippen LogP contribution < -0.4 is 0 Å². The van der Waals surface area contributed by atoms with E-state index in [0.717, 1.165) is 6.42 Å². The fraction of sp³-hybridized carbons (Fsp3) is 0.615. The number of ether oxygens (including phenoxy) is 1. The van der Waals surface area contributed by atoms with Crippen molar-refractivity contribution in [1.29, 1.82) is 0 Å². The Morgan fingerprint density at radius 2 is 2.24 bits per heavy atom. The van der Waals surface area contributed by atoms with Gasteiger partial charge in [-0.25, -0.2) is 0 Å². The van der Waals surface area contributed by atoms with E-state index in [-0.39, 0.29) is 18.1 Å². The summed E-state index contributed by atoms with van der Waals surface area (Å²) in [5, 5.41) is 2.06. The van der Waals surface area contributed by atoms with Gasteiger partial charge in [0.05, 0.1) is 6.61 Å². The van der Waals surface area contributed by atoms with Crippen LogP contribution in [0.25, 0.3) is 0 Å². The van der Waals surface area contributed by atoms with E-state index in [1.54, 1.807) is 11.3 Å². The number of carbonyl (C=O) groups excluding carboxylic acids is 1. The van der Waals surface area contributed by atoms with Gasteiger partial charge in [0.15, 0.2) is 0 Å². The molecule has 0 radical (unpaired) electrons. The van der Waals surface area contributed by atoms with Gasteiger partial charge in [-0.05, 0) is 38.8 Å². The van der Waals surface area contributed by atoms with Crippen molar-refractivity contribution >= 4 is 17.3 Å². The zero-order chi connectivity index (χ0) is 12.8. The van der Waals surface area contributed by atoms with Crippen LogP contribution in [0, 0.1) is 0 Å². The second-order valence-corrected chi connectivity index (χ2v) is 5.01. The molecule has 1 aromatic rings. The molecule has 0 aliphatic rings. The largest absolute Gasteiger partial charge is 0.465 e. The van der Waals surface area contributed by atoms with E-state index >= 15 is 0 Å². The molecule has 2 unspecified atom stereocenters. The van der Waals surface area contributed by atoms with Crippen molar-refractivity contribution in [1.82, 2.24) is 4.90 Å². The molecule has 1 aromatic heterocycles. The molecular weight excluding hydrogens is 234 g/mol. The van der Waals surface area contributed by atoms with Gasteiger partial charge in [0.2, 0.25) is 0 Å². The molecule has 0 fully saturated rings. The maximum absolute atomic E-state index is 11.8. The Kier molecular flexibility index (Phi) is 5.65. The molecule has 0 aromatic carbocycles. The van der Waals surface area contributed by atoms with E-state index < -0.39 is 0 Å². The first-order valence-electron chi connectivity index (χ1n) is 6.03. The maximum Gasteiger partial charge on any atom is 0.323 e. The van der Waals surface area contributed by atoms with Crippen LogP contribution in [0.2, 0.25) is 0 Å². The zero-order valence-corrected chi connectivity index (χ0v) is 11.8. The van der Waals surface area contributed by atoms with Gasteiger partial charge < -0.3 is 4.74 Å². The van der Waals surface area contributed by atoms with Crippen LogP contribution in [0.1, 0.15) is 38.1 Å². The topological polar surface area (TPSA) is 29.5 Å². The number of likely N-dealkylation sites (N-methyl/N-ethyl adjacent to an activating group) is 1. The van der Waals surface area contributed by atoms with Crippen LogP contribution in [0.4, 0.5) is 0 Å². The summed E-state index contributed by atoms with van der Waals surface area (Å²) in [5.41, 5.74) is 0. The lowest BCUT2D eigenvalue weighted by atomic mass is 10.1. The second-order valence-electron chi connectivity index (χ2n) is 4.03. The number of nitrogens with zero attached hydrogens (tertiary/aromatic N) is 1. The minimum atomic E-state index is -0.160. The van der Waals surface area contributed by atoms with Crippen LogP contribution in [-0.4, -0.2) is 30.6 Å². The molecule has 1 heterocycles. The highest BCUT2D eigenvalue weighted by Crippen LogP contribution is 2.26. The van der Waals surface area contributed by atoms with Crippen molar-refractivity contribution in [3.05, 3.63) is 22.4 Å². The van der Waals surface area contributed by atoms with Crippen LogP contribution >= 0.6 is 11.3 Å². The van der Waals surface area contributed by atoms with Gasteiger partial charge in [-0.1, -0.05) is 13.0 Å². The summed E-state index contributed by atoms with van der Waals surface area (Å²) in [7, 11) is 1.98. The molecule has 0 aliphatic carbocycles. The monoisotopic (exact) mass is 255 g/mol. The van der Waals surface area contributed by atoms with Gasteiger partial charge >= 0.3 is 5.97 Å². The van der Waals surface area contributed by atoms with Crippen LogP contribution in [0.3, 0.4) is 0 Å². The fourth-order valence-electron chi connectivity index (χ4n) is 1.86. The molecule has 0 N–H and O–H groups in total. The minimum Gasteiger partial charge on any atom is -0.465 e. The average Bonchev–Trinajstić information content (AvgIpc) is 2.82. The zero-order valence-electron chi connectivity index (χ0n) is 11.0. The van der Waals surface area contributed by atoms with Gasteiger partial charge in [-0.15, -0.1) is 11.3 Å². The second kappa shape index (κ2) is 6.77. The third kappa shape index (κ3) is 3.54. The third-order valence-electron chi connectivity index (χ3n) is 3.00. The first-order valence-corrected chi connectivity index (χ1v) is 6.91. The Balaban J connectivity index is 2.72. The summed E-state index contributed by atoms with van der Waals surface area (Å²) in [5.74, 6) is -0.124. The number of carbonyl (C=O) groups is 1. The Morgan fingerprint density at radius 1 is 1.53 bits per heavy atom. The van der Waals surface area contributed by atoms with Gasteiger partial charge in [-0.3, -0.25) is 9.69 Å². The summed E-state index contributed by atoms with van der Waals surface area (Å²) in [6, 6.07) is 4.22. The van der Waals surface area contributed by atoms with Gasteiger partial charge in [-0.2, -0.15) is 0 Å². The van der Waals surface area contributed by atoms with E-state index in [1.165, 1.54) is 4.88 Å². The third-order valence-corrected chi connectivity index (χ3v) is 4.05. The fourth-order valence-corrected chi connectivity index (χ4v) is 2.69. The van der Waals surface area contributed by atoms with Crippen molar-refractivity contribution in [3.63, 3.8) is 0 Å². The number of thiophene rings is 1. The predicted octanol–water partition coefficient (Wildman–Crippen LogP) is 3.08. The molecule has 0 aliphatic heterocycles. The lowest BCUT2D eigenvalue weighted by Crippen LogP contribution is -2.40. The first kappa shape index (κ1) is 14.2. The summed E-state index contributed by atoms with van der Waals surface area (Å²) >= 11 is 1.72. The standard InChI is InChI=1S/C13H21NO2S/c1-5-11(13(15)16-6-2)14(4)10(3)12-8-7-9-17-12/h7-11H,5-6H2,1-4H3. The Bertz CT molecular complexity index is 337. The summed E-state index contributed by atoms with van der Waals surface area (Å²) in [6.45, 7) is 6.41. The molecule has 0 saturated heterocycles. The van der Waals surface area contributed by atoms with Crippen LogP contribution in [0.15, 0.2) is 17.5 Å². The van der Waals surface area contributed by atoms with Crippen LogP contribution in [-0.2, 0) is 9.53 Å². The average molecular weight is 255 g/mol. The van der Waals surface area contributed by atoms with Gasteiger partial charge in [0.25, 0.3) is 0 Å². The molecule has 1 rings (SSSR count). The lowest BCUT2D eigenvalue weighted by Gasteiger charge is -2.30. The molecule has 3 nitrogen and oxygen atoms in total. The minimum absolute atomic E-state index is 0.124. The Hall–Kier alpha value is -0.870. The molecule has 4 heteroatoms. The SMILES string of the molecule is CCOC(=O)C(CC)N(C)C(C)c1cccs1. The lowest BCUT2D eigenvalue weighted by molar-refractivity contribution is -0.150. The molecule has 17 heavy (non-hydrogen) atoms. The van der Waals surface area contributed by atoms with E-state index in [4.69, 9.17) is 4.74 Å². The van der Waals surface area contributed by atoms with Gasteiger partial charge in [0, 0.05) is 10.9 Å². The smallest absolute Gasteiger partial charge is 0.323 e.